The van der Waals surface area contributed by atoms with Crippen LogP contribution in [0.2, 0.25) is 0 Å². The Hall–Kier alpha value is -3.00. The standard InChI is InChI=1S/C21H25N7O/c1-25-20-17(14-24-25)21(23-15-22-20)27-12-10-26(11-13-27)8-7-19(29)28-9-6-16-4-2-3-5-18(16)28/h2-5,14-15H,6-13H2,1H3. The second-order valence-corrected chi connectivity index (χ2v) is 7.71. The lowest BCUT2D eigenvalue weighted by Crippen LogP contribution is -2.47. The number of rotatable bonds is 4. The molecule has 4 heterocycles. The molecule has 2 aliphatic heterocycles. The minimum Gasteiger partial charge on any atom is -0.353 e. The molecule has 0 radical (unpaired) electrons. The number of fused-ring (bicyclic) bond motifs is 2. The molecule has 0 atom stereocenters. The van der Waals surface area contributed by atoms with Crippen molar-refractivity contribution in [3.05, 3.63) is 42.4 Å². The normalized spacial score (nSPS) is 17.1. The van der Waals surface area contributed by atoms with Gasteiger partial charge < -0.3 is 9.80 Å². The largest absolute Gasteiger partial charge is 0.353 e. The molecule has 0 unspecified atom stereocenters. The molecule has 0 spiro atoms. The van der Waals surface area contributed by atoms with E-state index in [9.17, 15) is 4.79 Å². The summed E-state index contributed by atoms with van der Waals surface area (Å²) in [7, 11) is 1.90. The van der Waals surface area contributed by atoms with E-state index in [4.69, 9.17) is 0 Å². The number of benzene rings is 1. The van der Waals surface area contributed by atoms with Gasteiger partial charge in [0.15, 0.2) is 5.65 Å². The number of para-hydroxylation sites is 1. The fraction of sp³-hybridized carbons (Fsp3) is 0.429. The molecular weight excluding hydrogens is 366 g/mol. The first-order chi connectivity index (χ1) is 14.2. The quantitative estimate of drug-likeness (QED) is 0.671. The van der Waals surface area contributed by atoms with Crippen LogP contribution in [0.25, 0.3) is 11.0 Å². The first kappa shape index (κ1) is 18.1. The molecule has 3 aromatic rings. The van der Waals surface area contributed by atoms with Crippen LogP contribution in [0.1, 0.15) is 12.0 Å². The summed E-state index contributed by atoms with van der Waals surface area (Å²) in [6.45, 7) is 5.24. The molecule has 29 heavy (non-hydrogen) atoms. The lowest BCUT2D eigenvalue weighted by molar-refractivity contribution is -0.118. The summed E-state index contributed by atoms with van der Waals surface area (Å²) in [5, 5.41) is 5.30. The molecule has 8 heteroatoms. The second kappa shape index (κ2) is 7.44. The molecule has 5 rings (SSSR count). The highest BCUT2D eigenvalue weighted by atomic mass is 16.2. The van der Waals surface area contributed by atoms with Crippen LogP contribution in [-0.2, 0) is 18.3 Å². The van der Waals surface area contributed by atoms with Crippen LogP contribution < -0.4 is 9.80 Å². The highest BCUT2D eigenvalue weighted by Crippen LogP contribution is 2.28. The minimum atomic E-state index is 0.227. The van der Waals surface area contributed by atoms with Gasteiger partial charge in [-0.25, -0.2) is 9.97 Å². The molecule has 0 aliphatic carbocycles. The third-order valence-corrected chi connectivity index (χ3v) is 6.01. The Bertz CT molecular complexity index is 1040. The first-order valence-electron chi connectivity index (χ1n) is 10.2. The smallest absolute Gasteiger partial charge is 0.228 e. The highest BCUT2D eigenvalue weighted by molar-refractivity contribution is 5.95. The van der Waals surface area contributed by atoms with Crippen molar-refractivity contribution in [3.8, 4) is 0 Å². The van der Waals surface area contributed by atoms with Gasteiger partial charge >= 0.3 is 0 Å². The topological polar surface area (TPSA) is 70.4 Å². The van der Waals surface area contributed by atoms with Gasteiger partial charge in [0, 0.05) is 58.4 Å². The number of piperazine rings is 1. The summed E-state index contributed by atoms with van der Waals surface area (Å²) in [5.41, 5.74) is 3.22. The molecule has 1 fully saturated rings. The van der Waals surface area contributed by atoms with Crippen molar-refractivity contribution in [2.24, 2.45) is 7.05 Å². The Morgan fingerprint density at radius 1 is 1.07 bits per heavy atom. The van der Waals surface area contributed by atoms with Crippen LogP contribution in [0.5, 0.6) is 0 Å². The van der Waals surface area contributed by atoms with Crippen molar-refractivity contribution in [1.29, 1.82) is 0 Å². The predicted octanol–water partition coefficient (Wildman–Crippen LogP) is 1.46. The van der Waals surface area contributed by atoms with Gasteiger partial charge in [0.25, 0.3) is 0 Å². The van der Waals surface area contributed by atoms with E-state index < -0.39 is 0 Å². The number of carbonyl (C=O) groups excluding carboxylic acids is 1. The summed E-state index contributed by atoms with van der Waals surface area (Å²) in [5.74, 6) is 1.18. The number of carbonyl (C=O) groups is 1. The highest BCUT2D eigenvalue weighted by Gasteiger charge is 2.25. The van der Waals surface area contributed by atoms with Gasteiger partial charge in [-0.05, 0) is 18.1 Å². The van der Waals surface area contributed by atoms with E-state index in [1.54, 1.807) is 11.0 Å². The van der Waals surface area contributed by atoms with Crippen LogP contribution in [0.4, 0.5) is 11.5 Å². The van der Waals surface area contributed by atoms with E-state index >= 15 is 0 Å². The number of amides is 1. The molecule has 0 saturated carbocycles. The molecule has 1 aromatic carbocycles. The van der Waals surface area contributed by atoms with Crippen molar-refractivity contribution in [3.63, 3.8) is 0 Å². The number of aryl methyl sites for hydroxylation is 1. The van der Waals surface area contributed by atoms with Crippen LogP contribution in [0.15, 0.2) is 36.8 Å². The predicted molar refractivity (Wildman–Crippen MR) is 112 cm³/mol. The number of nitrogens with zero attached hydrogens (tertiary/aromatic N) is 7. The monoisotopic (exact) mass is 391 g/mol. The number of hydrogen-bond acceptors (Lipinski definition) is 6. The maximum absolute atomic E-state index is 12.7. The Kier molecular flexibility index (Phi) is 4.63. The van der Waals surface area contributed by atoms with Crippen molar-refractivity contribution in [1.82, 2.24) is 24.6 Å². The molecule has 150 valence electrons. The van der Waals surface area contributed by atoms with E-state index in [0.717, 1.165) is 68.2 Å². The van der Waals surface area contributed by atoms with Crippen LogP contribution in [0, 0.1) is 0 Å². The summed E-state index contributed by atoms with van der Waals surface area (Å²) < 4.78 is 1.78. The molecule has 2 aromatic heterocycles. The third kappa shape index (κ3) is 3.33. The Labute approximate surface area is 169 Å². The van der Waals surface area contributed by atoms with E-state index in [1.807, 2.05) is 30.3 Å². The van der Waals surface area contributed by atoms with E-state index in [2.05, 4.69) is 37.0 Å². The van der Waals surface area contributed by atoms with Crippen molar-refractivity contribution < 1.29 is 4.79 Å². The zero-order valence-electron chi connectivity index (χ0n) is 16.7. The number of aromatic nitrogens is 4. The van der Waals surface area contributed by atoms with E-state index in [0.29, 0.717) is 6.42 Å². The zero-order valence-corrected chi connectivity index (χ0v) is 16.7. The van der Waals surface area contributed by atoms with Crippen molar-refractivity contribution in [2.75, 3.05) is 49.1 Å². The Morgan fingerprint density at radius 2 is 1.90 bits per heavy atom. The van der Waals surface area contributed by atoms with Gasteiger partial charge in [-0.3, -0.25) is 14.4 Å². The molecule has 1 saturated heterocycles. The first-order valence-corrected chi connectivity index (χ1v) is 10.2. The summed E-state index contributed by atoms with van der Waals surface area (Å²) >= 11 is 0. The lowest BCUT2D eigenvalue weighted by atomic mass is 10.2. The third-order valence-electron chi connectivity index (χ3n) is 6.01. The minimum absolute atomic E-state index is 0.227. The SMILES string of the molecule is Cn1ncc2c(N3CCN(CCC(=O)N4CCc5ccccc54)CC3)ncnc21. The van der Waals surface area contributed by atoms with Crippen LogP contribution in [0.3, 0.4) is 0 Å². The average molecular weight is 391 g/mol. The maximum Gasteiger partial charge on any atom is 0.228 e. The fourth-order valence-electron chi connectivity index (χ4n) is 4.37. The summed E-state index contributed by atoms with van der Waals surface area (Å²) in [6.07, 6.45) is 4.97. The van der Waals surface area contributed by atoms with Crippen molar-refractivity contribution >= 4 is 28.4 Å². The van der Waals surface area contributed by atoms with Crippen LogP contribution in [-0.4, -0.2) is 69.8 Å². The molecule has 2 aliphatic rings. The van der Waals surface area contributed by atoms with Gasteiger partial charge in [-0.15, -0.1) is 0 Å². The Balaban J connectivity index is 1.17. The average Bonchev–Trinajstić information content (AvgIpc) is 3.36. The summed E-state index contributed by atoms with van der Waals surface area (Å²) in [6, 6.07) is 8.23. The van der Waals surface area contributed by atoms with Gasteiger partial charge in [-0.1, -0.05) is 18.2 Å². The number of anilines is 2. The number of hydrogen-bond donors (Lipinski definition) is 0. The molecule has 0 N–H and O–H groups in total. The second-order valence-electron chi connectivity index (χ2n) is 7.71. The zero-order chi connectivity index (χ0) is 19.8. The summed E-state index contributed by atoms with van der Waals surface area (Å²) in [4.78, 5) is 28.2. The molecule has 1 amide bonds. The van der Waals surface area contributed by atoms with Gasteiger partial charge in [-0.2, -0.15) is 5.10 Å². The lowest BCUT2D eigenvalue weighted by Gasteiger charge is -2.35. The van der Waals surface area contributed by atoms with Crippen LogP contribution >= 0.6 is 0 Å². The maximum atomic E-state index is 12.7. The van der Waals surface area contributed by atoms with E-state index in [-0.39, 0.29) is 5.91 Å². The van der Waals surface area contributed by atoms with Gasteiger partial charge in [0.2, 0.25) is 5.91 Å². The molecular formula is C21H25N7O. The molecule has 0 bridgehead atoms. The Morgan fingerprint density at radius 3 is 2.76 bits per heavy atom. The van der Waals surface area contributed by atoms with Gasteiger partial charge in [0.05, 0.1) is 11.6 Å². The van der Waals surface area contributed by atoms with Gasteiger partial charge in [0.1, 0.15) is 12.1 Å². The van der Waals surface area contributed by atoms with Crippen molar-refractivity contribution in [2.45, 2.75) is 12.8 Å². The fourth-order valence-corrected chi connectivity index (χ4v) is 4.37. The van der Waals surface area contributed by atoms with E-state index in [1.165, 1.54) is 5.56 Å². The molecule has 8 nitrogen and oxygen atoms in total.